The molecule has 1 aliphatic rings. The minimum atomic E-state index is 0.543. The summed E-state index contributed by atoms with van der Waals surface area (Å²) in [6.45, 7) is 2.39. The Kier molecular flexibility index (Phi) is 4.21. The van der Waals surface area contributed by atoms with Crippen molar-refractivity contribution >= 4 is 0 Å². The number of hydrogen-bond acceptors (Lipinski definition) is 0. The monoisotopic (exact) mass is 312 g/mol. The molecule has 0 heteroatoms. The summed E-state index contributed by atoms with van der Waals surface area (Å²) in [6.07, 6.45) is 2.50. The van der Waals surface area contributed by atoms with Crippen molar-refractivity contribution < 1.29 is 0 Å². The van der Waals surface area contributed by atoms with Gasteiger partial charge in [-0.1, -0.05) is 91.9 Å². The molecular weight excluding hydrogens is 288 g/mol. The maximum absolute atomic E-state index is 2.39. The molecule has 0 aliphatic heterocycles. The van der Waals surface area contributed by atoms with Crippen LogP contribution in [-0.4, -0.2) is 0 Å². The van der Waals surface area contributed by atoms with Gasteiger partial charge in [-0.05, 0) is 46.9 Å². The highest BCUT2D eigenvalue weighted by Gasteiger charge is 2.31. The van der Waals surface area contributed by atoms with E-state index < -0.39 is 0 Å². The molecule has 0 radical (unpaired) electrons. The molecule has 0 nitrogen and oxygen atoms in total. The molecule has 4 rings (SSSR count). The fraction of sp³-hybridized carbons (Fsp3) is 0.250. The van der Waals surface area contributed by atoms with Crippen LogP contribution in [0.3, 0.4) is 0 Å². The minimum Gasteiger partial charge on any atom is -0.0622 e. The van der Waals surface area contributed by atoms with E-state index >= 15 is 0 Å². The molecule has 0 N–H and O–H groups in total. The SMILES string of the molecule is CC(c1ccccc1)C1CCC(c2ccccc2)c2ccccc21. The van der Waals surface area contributed by atoms with Crippen molar-refractivity contribution in [3.63, 3.8) is 0 Å². The van der Waals surface area contributed by atoms with Gasteiger partial charge in [0.25, 0.3) is 0 Å². The third-order valence-corrected chi connectivity index (χ3v) is 5.67. The molecule has 0 amide bonds. The Hall–Kier alpha value is -2.34. The highest BCUT2D eigenvalue weighted by Crippen LogP contribution is 2.47. The maximum atomic E-state index is 2.39. The highest BCUT2D eigenvalue weighted by atomic mass is 14.3. The quantitative estimate of drug-likeness (QED) is 0.518. The van der Waals surface area contributed by atoms with E-state index in [0.29, 0.717) is 17.8 Å². The van der Waals surface area contributed by atoms with Crippen molar-refractivity contribution in [2.24, 2.45) is 0 Å². The van der Waals surface area contributed by atoms with E-state index in [-0.39, 0.29) is 0 Å². The lowest BCUT2D eigenvalue weighted by Gasteiger charge is -2.35. The summed E-state index contributed by atoms with van der Waals surface area (Å²) < 4.78 is 0. The number of hydrogen-bond donors (Lipinski definition) is 0. The van der Waals surface area contributed by atoms with Crippen molar-refractivity contribution in [1.29, 1.82) is 0 Å². The fourth-order valence-corrected chi connectivity index (χ4v) is 4.36. The molecule has 1 aliphatic carbocycles. The van der Waals surface area contributed by atoms with Crippen LogP contribution in [0.1, 0.15) is 59.8 Å². The van der Waals surface area contributed by atoms with Gasteiger partial charge in [-0.25, -0.2) is 0 Å². The second-order valence-corrected chi connectivity index (χ2v) is 6.98. The van der Waals surface area contributed by atoms with Crippen LogP contribution in [0.5, 0.6) is 0 Å². The summed E-state index contributed by atoms with van der Waals surface area (Å²) in [5.74, 6) is 1.72. The topological polar surface area (TPSA) is 0 Å². The summed E-state index contributed by atoms with van der Waals surface area (Å²) in [6, 6.07) is 31.1. The zero-order valence-corrected chi connectivity index (χ0v) is 14.2. The predicted molar refractivity (Wildman–Crippen MR) is 102 cm³/mol. The van der Waals surface area contributed by atoms with Gasteiger partial charge in [0.15, 0.2) is 0 Å². The average Bonchev–Trinajstić information content (AvgIpc) is 2.68. The molecule has 0 bridgehead atoms. The minimum absolute atomic E-state index is 0.543. The molecule has 3 aromatic rings. The molecule has 3 unspecified atom stereocenters. The first-order valence-electron chi connectivity index (χ1n) is 9.03. The van der Waals surface area contributed by atoms with Gasteiger partial charge >= 0.3 is 0 Å². The van der Waals surface area contributed by atoms with Gasteiger partial charge in [0.05, 0.1) is 0 Å². The molecule has 120 valence electrons. The Morgan fingerprint density at radius 3 is 1.96 bits per heavy atom. The summed E-state index contributed by atoms with van der Waals surface area (Å²) in [5, 5.41) is 0. The van der Waals surface area contributed by atoms with E-state index in [4.69, 9.17) is 0 Å². The molecule has 3 aromatic carbocycles. The Morgan fingerprint density at radius 2 is 1.25 bits per heavy atom. The largest absolute Gasteiger partial charge is 0.0622 e. The number of fused-ring (bicyclic) bond motifs is 1. The van der Waals surface area contributed by atoms with Crippen LogP contribution in [0.15, 0.2) is 84.9 Å². The van der Waals surface area contributed by atoms with Crippen LogP contribution in [0, 0.1) is 0 Å². The second kappa shape index (κ2) is 6.65. The number of rotatable bonds is 3. The zero-order valence-electron chi connectivity index (χ0n) is 14.2. The third kappa shape index (κ3) is 2.78. The first kappa shape index (κ1) is 15.2. The Bertz CT molecular complexity index is 789. The van der Waals surface area contributed by atoms with Gasteiger partial charge in [0, 0.05) is 5.92 Å². The lowest BCUT2D eigenvalue weighted by Crippen LogP contribution is -2.19. The smallest absolute Gasteiger partial charge is 0.00924 e. The van der Waals surface area contributed by atoms with Gasteiger partial charge in [-0.3, -0.25) is 0 Å². The lowest BCUT2D eigenvalue weighted by molar-refractivity contribution is 0.464. The van der Waals surface area contributed by atoms with Crippen LogP contribution < -0.4 is 0 Å². The standard InChI is InChI=1S/C24H24/c1-18(19-10-4-2-5-11-19)21-16-17-22(20-12-6-3-7-13-20)24-15-9-8-14-23(21)24/h2-15,18,21-22H,16-17H2,1H3. The average molecular weight is 312 g/mol. The van der Waals surface area contributed by atoms with Crippen molar-refractivity contribution in [2.75, 3.05) is 0 Å². The zero-order chi connectivity index (χ0) is 16.4. The number of benzene rings is 3. The van der Waals surface area contributed by atoms with E-state index in [9.17, 15) is 0 Å². The molecule has 0 aromatic heterocycles. The maximum Gasteiger partial charge on any atom is 0.00924 e. The van der Waals surface area contributed by atoms with Crippen molar-refractivity contribution in [1.82, 2.24) is 0 Å². The Balaban J connectivity index is 1.72. The summed E-state index contributed by atoms with van der Waals surface area (Å²) >= 11 is 0. The molecular formula is C24H24. The molecule has 24 heavy (non-hydrogen) atoms. The van der Waals surface area contributed by atoms with E-state index in [1.54, 1.807) is 5.56 Å². The van der Waals surface area contributed by atoms with Crippen LogP contribution in [0.4, 0.5) is 0 Å². The normalized spacial score (nSPS) is 21.0. The molecule has 0 heterocycles. The van der Waals surface area contributed by atoms with Crippen molar-refractivity contribution in [2.45, 2.75) is 37.5 Å². The first-order valence-corrected chi connectivity index (χ1v) is 9.03. The van der Waals surface area contributed by atoms with Gasteiger partial charge < -0.3 is 0 Å². The molecule has 0 saturated heterocycles. The third-order valence-electron chi connectivity index (χ3n) is 5.67. The van der Waals surface area contributed by atoms with Gasteiger partial charge in [0.1, 0.15) is 0 Å². The van der Waals surface area contributed by atoms with E-state index in [0.717, 1.165) is 0 Å². The van der Waals surface area contributed by atoms with Crippen LogP contribution >= 0.6 is 0 Å². The second-order valence-electron chi connectivity index (χ2n) is 6.98. The molecule has 3 atom stereocenters. The van der Waals surface area contributed by atoms with Gasteiger partial charge in [0.2, 0.25) is 0 Å². The fourth-order valence-electron chi connectivity index (χ4n) is 4.36. The van der Waals surface area contributed by atoms with Crippen molar-refractivity contribution in [3.05, 3.63) is 107 Å². The van der Waals surface area contributed by atoms with E-state index in [2.05, 4.69) is 91.9 Å². The summed E-state index contributed by atoms with van der Waals surface area (Å²) in [7, 11) is 0. The predicted octanol–water partition coefficient (Wildman–Crippen LogP) is 6.50. The lowest BCUT2D eigenvalue weighted by atomic mass is 9.69. The van der Waals surface area contributed by atoms with Crippen molar-refractivity contribution in [3.8, 4) is 0 Å². The van der Waals surface area contributed by atoms with E-state index in [1.165, 1.54) is 29.5 Å². The van der Waals surface area contributed by atoms with Gasteiger partial charge in [-0.15, -0.1) is 0 Å². The Labute approximate surface area is 145 Å². The highest BCUT2D eigenvalue weighted by molar-refractivity contribution is 5.43. The van der Waals surface area contributed by atoms with Gasteiger partial charge in [-0.2, -0.15) is 0 Å². The van der Waals surface area contributed by atoms with Crippen LogP contribution in [0.25, 0.3) is 0 Å². The molecule has 0 fully saturated rings. The van der Waals surface area contributed by atoms with E-state index in [1.807, 2.05) is 0 Å². The van der Waals surface area contributed by atoms with Crippen LogP contribution in [-0.2, 0) is 0 Å². The van der Waals surface area contributed by atoms with Crippen LogP contribution in [0.2, 0.25) is 0 Å². The first-order chi connectivity index (χ1) is 11.8. The summed E-state index contributed by atoms with van der Waals surface area (Å²) in [5.41, 5.74) is 5.99. The molecule has 0 spiro atoms. The summed E-state index contributed by atoms with van der Waals surface area (Å²) in [4.78, 5) is 0. The Morgan fingerprint density at radius 1 is 0.667 bits per heavy atom. The molecule has 0 saturated carbocycles.